The Kier molecular flexibility index (Phi) is 6.61. The molecular formula is C18H24N4O4S2. The van der Waals surface area contributed by atoms with Crippen LogP contribution in [0.1, 0.15) is 19.8 Å². The van der Waals surface area contributed by atoms with Crippen molar-refractivity contribution in [3.8, 4) is 11.4 Å². The first-order valence-corrected chi connectivity index (χ1v) is 11.9. The van der Waals surface area contributed by atoms with E-state index in [0.29, 0.717) is 23.9 Å². The van der Waals surface area contributed by atoms with Gasteiger partial charge in [-0.3, -0.25) is 9.36 Å². The van der Waals surface area contributed by atoms with Crippen LogP contribution in [0.5, 0.6) is 5.75 Å². The molecule has 1 atom stereocenters. The molecule has 0 spiro atoms. The molecular weight excluding hydrogens is 400 g/mol. The van der Waals surface area contributed by atoms with Crippen molar-refractivity contribution in [3.05, 3.63) is 30.6 Å². The van der Waals surface area contributed by atoms with Gasteiger partial charge in [-0.2, -0.15) is 0 Å². The number of sulfone groups is 1. The number of hydrogen-bond acceptors (Lipinski definition) is 7. The second-order valence-electron chi connectivity index (χ2n) is 6.59. The first-order valence-electron chi connectivity index (χ1n) is 9.11. The van der Waals surface area contributed by atoms with E-state index < -0.39 is 9.84 Å². The molecule has 1 aromatic heterocycles. The fourth-order valence-electron chi connectivity index (χ4n) is 3.30. The summed E-state index contributed by atoms with van der Waals surface area (Å²) in [4.78, 5) is 14.5. The highest BCUT2D eigenvalue weighted by Crippen LogP contribution is 2.27. The quantitative estimate of drug-likeness (QED) is 0.596. The van der Waals surface area contributed by atoms with Gasteiger partial charge in [0.05, 0.1) is 30.1 Å². The topological polar surface area (TPSA) is 94.4 Å². The highest BCUT2D eigenvalue weighted by atomic mass is 32.2. The first-order chi connectivity index (χ1) is 13.4. The van der Waals surface area contributed by atoms with E-state index in [-0.39, 0.29) is 29.2 Å². The molecule has 1 saturated heterocycles. The highest BCUT2D eigenvalue weighted by molar-refractivity contribution is 7.99. The third kappa shape index (κ3) is 4.67. The monoisotopic (exact) mass is 424 g/mol. The SMILES string of the molecule is CCCN(C(=O)CSc1nncn1-c1ccccc1OC)C1CCS(=O)(=O)C1. The van der Waals surface area contributed by atoms with E-state index >= 15 is 0 Å². The number of thioether (sulfide) groups is 1. The number of methoxy groups -OCH3 is 1. The lowest BCUT2D eigenvalue weighted by atomic mass is 10.2. The van der Waals surface area contributed by atoms with E-state index in [1.165, 1.54) is 11.8 Å². The fraction of sp³-hybridized carbons (Fsp3) is 0.500. The Morgan fingerprint density at radius 2 is 2.18 bits per heavy atom. The Morgan fingerprint density at radius 1 is 1.39 bits per heavy atom. The molecule has 1 aromatic carbocycles. The van der Waals surface area contributed by atoms with Crippen molar-refractivity contribution in [2.75, 3.05) is 30.9 Å². The largest absolute Gasteiger partial charge is 0.495 e. The number of benzene rings is 1. The Hall–Kier alpha value is -2.07. The van der Waals surface area contributed by atoms with Crippen LogP contribution in [-0.2, 0) is 14.6 Å². The summed E-state index contributed by atoms with van der Waals surface area (Å²) in [6, 6.07) is 7.27. The number of aromatic nitrogens is 3. The Labute approximate surface area is 169 Å². The van der Waals surface area contributed by atoms with Crippen molar-refractivity contribution in [3.63, 3.8) is 0 Å². The van der Waals surface area contributed by atoms with Crippen LogP contribution < -0.4 is 4.74 Å². The van der Waals surface area contributed by atoms with E-state index in [0.717, 1.165) is 12.1 Å². The molecule has 2 aromatic rings. The Bertz CT molecular complexity index is 929. The first kappa shape index (κ1) is 20.7. The second kappa shape index (κ2) is 8.95. The molecule has 2 heterocycles. The number of nitrogens with zero attached hydrogens (tertiary/aromatic N) is 4. The van der Waals surface area contributed by atoms with Crippen molar-refractivity contribution in [2.24, 2.45) is 0 Å². The predicted octanol–water partition coefficient (Wildman–Crippen LogP) is 1.79. The lowest BCUT2D eigenvalue weighted by molar-refractivity contribution is -0.130. The number of amides is 1. The van der Waals surface area contributed by atoms with Gasteiger partial charge < -0.3 is 9.64 Å². The summed E-state index contributed by atoms with van der Waals surface area (Å²) in [5, 5.41) is 8.66. The van der Waals surface area contributed by atoms with E-state index in [2.05, 4.69) is 10.2 Å². The molecule has 8 nitrogen and oxygen atoms in total. The van der Waals surface area contributed by atoms with Crippen molar-refractivity contribution in [2.45, 2.75) is 31.0 Å². The minimum Gasteiger partial charge on any atom is -0.495 e. The standard InChI is InChI=1S/C18H24N4O4S2/c1-3-9-21(14-8-10-28(24,25)12-14)17(23)11-27-18-20-19-13-22(18)15-6-4-5-7-16(15)26-2/h4-7,13-14H,3,8-12H2,1-2H3. The van der Waals surface area contributed by atoms with E-state index in [4.69, 9.17) is 4.74 Å². The normalized spacial score (nSPS) is 18.1. The van der Waals surface area contributed by atoms with Gasteiger partial charge in [0.15, 0.2) is 15.0 Å². The Balaban J connectivity index is 1.71. The van der Waals surface area contributed by atoms with Crippen LogP contribution in [0, 0.1) is 0 Å². The summed E-state index contributed by atoms with van der Waals surface area (Å²) in [6.45, 7) is 2.54. The van der Waals surface area contributed by atoms with Crippen LogP contribution >= 0.6 is 11.8 Å². The van der Waals surface area contributed by atoms with Crippen molar-refractivity contribution in [1.29, 1.82) is 0 Å². The number of rotatable bonds is 8. The zero-order valence-electron chi connectivity index (χ0n) is 15.9. The number of hydrogen-bond donors (Lipinski definition) is 0. The molecule has 1 fully saturated rings. The van der Waals surface area contributed by atoms with E-state index in [1.54, 1.807) is 22.9 Å². The third-order valence-electron chi connectivity index (χ3n) is 4.62. The summed E-state index contributed by atoms with van der Waals surface area (Å²) in [5.74, 6) is 0.980. The van der Waals surface area contributed by atoms with Crippen LogP contribution in [0.2, 0.25) is 0 Å². The predicted molar refractivity (Wildman–Crippen MR) is 108 cm³/mol. The molecule has 1 aliphatic heterocycles. The van der Waals surface area contributed by atoms with Crippen LogP contribution in [0.4, 0.5) is 0 Å². The number of carbonyl (C=O) groups is 1. The van der Waals surface area contributed by atoms with Gasteiger partial charge in [-0.15, -0.1) is 10.2 Å². The van der Waals surface area contributed by atoms with E-state index in [9.17, 15) is 13.2 Å². The summed E-state index contributed by atoms with van der Waals surface area (Å²) in [6.07, 6.45) is 2.87. The smallest absolute Gasteiger partial charge is 0.233 e. The average Bonchev–Trinajstić information content (AvgIpc) is 3.30. The maximum Gasteiger partial charge on any atom is 0.233 e. The minimum absolute atomic E-state index is 0.0564. The molecule has 152 valence electrons. The number of ether oxygens (including phenoxy) is 1. The fourth-order valence-corrected chi connectivity index (χ4v) is 5.84. The molecule has 0 aliphatic carbocycles. The maximum atomic E-state index is 12.8. The highest BCUT2D eigenvalue weighted by Gasteiger charge is 2.34. The summed E-state index contributed by atoms with van der Waals surface area (Å²) in [7, 11) is -1.45. The zero-order chi connectivity index (χ0) is 20.1. The van der Waals surface area contributed by atoms with Crippen molar-refractivity contribution < 1.29 is 17.9 Å². The van der Waals surface area contributed by atoms with Gasteiger partial charge >= 0.3 is 0 Å². The number of para-hydroxylation sites is 2. The van der Waals surface area contributed by atoms with Gasteiger partial charge in [-0.25, -0.2) is 8.42 Å². The Morgan fingerprint density at radius 3 is 2.86 bits per heavy atom. The molecule has 0 bridgehead atoms. The maximum absolute atomic E-state index is 12.8. The molecule has 1 aliphatic rings. The molecule has 1 unspecified atom stereocenters. The second-order valence-corrected chi connectivity index (χ2v) is 9.76. The lowest BCUT2D eigenvalue weighted by Crippen LogP contribution is -2.42. The van der Waals surface area contributed by atoms with Gasteiger partial charge in [-0.05, 0) is 25.0 Å². The van der Waals surface area contributed by atoms with Crippen molar-refractivity contribution >= 4 is 27.5 Å². The minimum atomic E-state index is -3.04. The van der Waals surface area contributed by atoms with Crippen LogP contribution in [-0.4, -0.2) is 70.9 Å². The van der Waals surface area contributed by atoms with Gasteiger partial charge in [0.25, 0.3) is 0 Å². The van der Waals surface area contributed by atoms with Crippen molar-refractivity contribution in [1.82, 2.24) is 19.7 Å². The molecule has 0 saturated carbocycles. The average molecular weight is 425 g/mol. The lowest BCUT2D eigenvalue weighted by Gasteiger charge is -2.27. The summed E-state index contributed by atoms with van der Waals surface area (Å²) in [5.41, 5.74) is 0.789. The molecule has 0 N–H and O–H groups in total. The molecule has 28 heavy (non-hydrogen) atoms. The van der Waals surface area contributed by atoms with Crippen LogP contribution in [0.15, 0.2) is 35.7 Å². The van der Waals surface area contributed by atoms with E-state index in [1.807, 2.05) is 31.2 Å². The van der Waals surface area contributed by atoms with Gasteiger partial charge in [0.1, 0.15) is 12.1 Å². The molecule has 1 amide bonds. The van der Waals surface area contributed by atoms with Crippen LogP contribution in [0.3, 0.4) is 0 Å². The van der Waals surface area contributed by atoms with Gasteiger partial charge in [0.2, 0.25) is 5.91 Å². The van der Waals surface area contributed by atoms with Gasteiger partial charge in [-0.1, -0.05) is 30.8 Å². The molecule has 3 rings (SSSR count). The molecule has 0 radical (unpaired) electrons. The summed E-state index contributed by atoms with van der Waals surface area (Å²) >= 11 is 1.28. The molecule has 10 heteroatoms. The van der Waals surface area contributed by atoms with Gasteiger partial charge in [0, 0.05) is 12.6 Å². The zero-order valence-corrected chi connectivity index (χ0v) is 17.6. The number of carbonyl (C=O) groups excluding carboxylic acids is 1. The van der Waals surface area contributed by atoms with Crippen LogP contribution in [0.25, 0.3) is 5.69 Å². The summed E-state index contributed by atoms with van der Waals surface area (Å²) < 4.78 is 30.8. The third-order valence-corrected chi connectivity index (χ3v) is 7.30.